The molecule has 0 aromatic heterocycles. The molecule has 0 radical (unpaired) electrons. The molecule has 1 atom stereocenters. The molecule has 0 N–H and O–H groups in total. The summed E-state index contributed by atoms with van der Waals surface area (Å²) in [6.07, 6.45) is 8.79. The van der Waals surface area contributed by atoms with Crippen LogP contribution in [0.1, 0.15) is 57.4 Å². The van der Waals surface area contributed by atoms with Crippen molar-refractivity contribution in [2.75, 3.05) is 28.4 Å². The van der Waals surface area contributed by atoms with E-state index in [-0.39, 0.29) is 0 Å². The van der Waals surface area contributed by atoms with Gasteiger partial charge in [0.2, 0.25) is 0 Å². The van der Waals surface area contributed by atoms with Gasteiger partial charge in [0.15, 0.2) is 5.60 Å². The highest BCUT2D eigenvalue weighted by Gasteiger charge is 2.54. The quantitative estimate of drug-likeness (QED) is 0.350. The predicted molar refractivity (Wildman–Crippen MR) is 102 cm³/mol. The molecule has 0 spiro atoms. The Labute approximate surface area is 153 Å². The van der Waals surface area contributed by atoms with Crippen LogP contribution in [0, 0.1) is 0 Å². The second-order valence-corrected chi connectivity index (χ2v) is 6.55. The van der Waals surface area contributed by atoms with Crippen LogP contribution in [0.15, 0.2) is 30.3 Å². The number of ether oxygens (including phenoxy) is 4. The van der Waals surface area contributed by atoms with Crippen LogP contribution in [0.4, 0.5) is 0 Å². The summed E-state index contributed by atoms with van der Waals surface area (Å²) in [5.41, 5.74) is 0.461. The van der Waals surface area contributed by atoms with E-state index in [4.69, 9.17) is 18.9 Å². The Kier molecular flexibility index (Phi) is 10.3. The molecule has 144 valence electrons. The molecule has 4 heteroatoms. The van der Waals surface area contributed by atoms with Crippen LogP contribution in [-0.4, -0.2) is 40.0 Å². The van der Waals surface area contributed by atoms with Crippen molar-refractivity contribution < 1.29 is 18.9 Å². The van der Waals surface area contributed by atoms with Crippen LogP contribution in [0.2, 0.25) is 0 Å². The number of unbranched alkanes of at least 4 members (excludes halogenated alkanes) is 5. The Bertz CT molecular complexity index is 436. The van der Waals surface area contributed by atoms with E-state index in [1.54, 1.807) is 28.4 Å². The third kappa shape index (κ3) is 5.78. The third-order valence-corrected chi connectivity index (χ3v) is 5.02. The first-order valence-corrected chi connectivity index (χ1v) is 9.38. The smallest absolute Gasteiger partial charge is 0.313 e. The van der Waals surface area contributed by atoms with Gasteiger partial charge in [-0.05, 0) is 12.0 Å². The molecular formula is C21H36O4. The zero-order valence-corrected chi connectivity index (χ0v) is 16.7. The molecule has 0 aliphatic rings. The first-order valence-electron chi connectivity index (χ1n) is 9.38. The van der Waals surface area contributed by atoms with Crippen LogP contribution in [0.5, 0.6) is 0 Å². The number of hydrogen-bond acceptors (Lipinski definition) is 4. The molecule has 0 heterocycles. The lowest BCUT2D eigenvalue weighted by molar-refractivity contribution is -0.424. The first kappa shape index (κ1) is 22.1. The highest BCUT2D eigenvalue weighted by molar-refractivity contribution is 5.18. The SMILES string of the molecule is CCCCCCCCC(Cc1ccccc1)(OC)C(OC)(OC)OC. The Hall–Kier alpha value is -0.940. The summed E-state index contributed by atoms with van der Waals surface area (Å²) in [7, 11) is 6.53. The molecule has 0 amide bonds. The van der Waals surface area contributed by atoms with Crippen molar-refractivity contribution in [3.05, 3.63) is 35.9 Å². The molecule has 0 aliphatic carbocycles. The summed E-state index contributed by atoms with van der Waals surface area (Å²) in [4.78, 5) is 0. The molecule has 0 fully saturated rings. The fraction of sp³-hybridized carbons (Fsp3) is 0.714. The highest BCUT2D eigenvalue weighted by Crippen LogP contribution is 2.38. The molecule has 4 nitrogen and oxygen atoms in total. The largest absolute Gasteiger partial charge is 0.369 e. The van der Waals surface area contributed by atoms with Crippen molar-refractivity contribution in [2.24, 2.45) is 0 Å². The van der Waals surface area contributed by atoms with Gasteiger partial charge in [0, 0.05) is 34.9 Å². The van der Waals surface area contributed by atoms with Crippen LogP contribution in [-0.2, 0) is 25.4 Å². The lowest BCUT2D eigenvalue weighted by Crippen LogP contribution is -2.60. The summed E-state index contributed by atoms with van der Waals surface area (Å²) in [5.74, 6) is -1.24. The minimum absolute atomic E-state index is 0.662. The van der Waals surface area contributed by atoms with E-state index in [9.17, 15) is 0 Å². The van der Waals surface area contributed by atoms with E-state index in [0.717, 1.165) is 12.8 Å². The van der Waals surface area contributed by atoms with Crippen LogP contribution in [0.3, 0.4) is 0 Å². The van der Waals surface area contributed by atoms with Gasteiger partial charge < -0.3 is 18.9 Å². The lowest BCUT2D eigenvalue weighted by atomic mass is 9.85. The van der Waals surface area contributed by atoms with Crippen LogP contribution < -0.4 is 0 Å². The summed E-state index contributed by atoms with van der Waals surface area (Å²) >= 11 is 0. The zero-order valence-electron chi connectivity index (χ0n) is 16.7. The lowest BCUT2D eigenvalue weighted by Gasteiger charge is -2.46. The predicted octanol–water partition coefficient (Wildman–Crippen LogP) is 4.96. The molecule has 0 bridgehead atoms. The summed E-state index contributed by atoms with van der Waals surface area (Å²) in [5, 5.41) is 0. The minimum Gasteiger partial charge on any atom is -0.369 e. The maximum atomic E-state index is 6.03. The molecule has 1 aromatic rings. The van der Waals surface area contributed by atoms with E-state index in [1.807, 2.05) is 18.2 Å². The van der Waals surface area contributed by atoms with Crippen molar-refractivity contribution in [3.8, 4) is 0 Å². The molecule has 0 aliphatic heterocycles. The van der Waals surface area contributed by atoms with E-state index in [0.29, 0.717) is 6.42 Å². The van der Waals surface area contributed by atoms with Crippen molar-refractivity contribution in [1.82, 2.24) is 0 Å². The molecular weight excluding hydrogens is 316 g/mol. The average molecular weight is 353 g/mol. The Balaban J connectivity index is 2.94. The minimum atomic E-state index is -1.24. The number of rotatable bonds is 14. The van der Waals surface area contributed by atoms with Gasteiger partial charge in [-0.2, -0.15) is 0 Å². The average Bonchev–Trinajstić information content (AvgIpc) is 2.66. The molecule has 1 unspecified atom stereocenters. The van der Waals surface area contributed by atoms with Gasteiger partial charge in [0.05, 0.1) is 0 Å². The summed E-state index contributed by atoms with van der Waals surface area (Å²) in [6.45, 7) is 2.24. The van der Waals surface area contributed by atoms with E-state index in [1.165, 1.54) is 37.7 Å². The maximum absolute atomic E-state index is 6.03. The monoisotopic (exact) mass is 352 g/mol. The van der Waals surface area contributed by atoms with Gasteiger partial charge >= 0.3 is 5.97 Å². The molecule has 1 rings (SSSR count). The first-order chi connectivity index (χ1) is 12.1. The standard InChI is InChI=1S/C21H36O4/c1-6-7-8-9-10-14-17-20(22-2,21(23-3,24-4)25-5)18-19-15-12-11-13-16-19/h11-13,15-16H,6-10,14,17-18H2,1-5H3. The van der Waals surface area contributed by atoms with Crippen LogP contribution in [0.25, 0.3) is 0 Å². The Morgan fingerprint density at radius 2 is 1.28 bits per heavy atom. The molecule has 25 heavy (non-hydrogen) atoms. The van der Waals surface area contributed by atoms with Crippen molar-refractivity contribution in [3.63, 3.8) is 0 Å². The zero-order chi connectivity index (χ0) is 18.6. The van der Waals surface area contributed by atoms with E-state index in [2.05, 4.69) is 19.1 Å². The maximum Gasteiger partial charge on any atom is 0.313 e. The summed E-state index contributed by atoms with van der Waals surface area (Å²) in [6, 6.07) is 10.3. The fourth-order valence-corrected chi connectivity index (χ4v) is 3.57. The van der Waals surface area contributed by atoms with E-state index >= 15 is 0 Å². The fourth-order valence-electron chi connectivity index (χ4n) is 3.57. The summed E-state index contributed by atoms with van der Waals surface area (Å²) < 4.78 is 23.1. The second kappa shape index (κ2) is 11.6. The number of hydrogen-bond donors (Lipinski definition) is 0. The van der Waals surface area contributed by atoms with Gasteiger partial charge in [0.1, 0.15) is 0 Å². The topological polar surface area (TPSA) is 36.9 Å². The van der Waals surface area contributed by atoms with Crippen LogP contribution >= 0.6 is 0 Å². The van der Waals surface area contributed by atoms with Gasteiger partial charge in [0.25, 0.3) is 0 Å². The number of methoxy groups -OCH3 is 4. The van der Waals surface area contributed by atoms with Crippen molar-refractivity contribution in [1.29, 1.82) is 0 Å². The van der Waals surface area contributed by atoms with Crippen molar-refractivity contribution >= 4 is 0 Å². The third-order valence-electron chi connectivity index (χ3n) is 5.02. The van der Waals surface area contributed by atoms with Gasteiger partial charge in [-0.1, -0.05) is 75.8 Å². The Morgan fingerprint density at radius 3 is 1.80 bits per heavy atom. The Morgan fingerprint density at radius 1 is 0.720 bits per heavy atom. The molecule has 0 saturated carbocycles. The van der Waals surface area contributed by atoms with Crippen molar-refractivity contribution in [2.45, 2.75) is 69.9 Å². The molecule has 1 aromatic carbocycles. The molecule has 0 saturated heterocycles. The van der Waals surface area contributed by atoms with Gasteiger partial charge in [-0.25, -0.2) is 0 Å². The van der Waals surface area contributed by atoms with Gasteiger partial charge in [-0.15, -0.1) is 0 Å². The number of benzene rings is 1. The second-order valence-electron chi connectivity index (χ2n) is 6.55. The van der Waals surface area contributed by atoms with Gasteiger partial charge in [-0.3, -0.25) is 0 Å². The normalized spacial score (nSPS) is 14.4. The van der Waals surface area contributed by atoms with E-state index < -0.39 is 11.6 Å². The highest BCUT2D eigenvalue weighted by atomic mass is 16.9.